The molecule has 2 aromatic carbocycles. The number of methoxy groups -OCH3 is 2. The number of fused-ring (bicyclic) bond motifs is 1. The third-order valence-corrected chi connectivity index (χ3v) is 9.35. The molecule has 0 saturated heterocycles. The molecular formula is C33H48N6O6S. The minimum atomic E-state index is -3.75. The summed E-state index contributed by atoms with van der Waals surface area (Å²) in [5.74, 6) is 2.79. The predicted octanol–water partition coefficient (Wildman–Crippen LogP) is 5.56. The highest BCUT2D eigenvalue weighted by atomic mass is 32.2. The molecule has 4 rings (SSSR count). The van der Waals surface area contributed by atoms with Crippen molar-refractivity contribution in [3.63, 3.8) is 0 Å². The van der Waals surface area contributed by atoms with Crippen LogP contribution in [0.2, 0.25) is 0 Å². The number of rotatable bonds is 15. The van der Waals surface area contributed by atoms with Crippen molar-refractivity contribution >= 4 is 38.8 Å². The fraction of sp³-hybridized carbons (Fsp3) is 0.545. The van der Waals surface area contributed by atoms with Crippen LogP contribution in [0, 0.1) is 11.8 Å². The molecule has 0 spiro atoms. The van der Waals surface area contributed by atoms with E-state index in [2.05, 4.69) is 20.7 Å². The number of alkyl carbamates (subject to hydrolysis) is 1. The van der Waals surface area contributed by atoms with Crippen molar-refractivity contribution in [2.45, 2.75) is 69.8 Å². The van der Waals surface area contributed by atoms with Crippen molar-refractivity contribution in [2.75, 3.05) is 51.0 Å². The molecule has 0 bridgehead atoms. The number of nitrogens with zero attached hydrogens (tertiary/aromatic N) is 2. The van der Waals surface area contributed by atoms with Gasteiger partial charge in [-0.25, -0.2) is 22.9 Å². The summed E-state index contributed by atoms with van der Waals surface area (Å²) in [4.78, 5) is 21.4. The summed E-state index contributed by atoms with van der Waals surface area (Å²) in [6, 6.07) is 12.7. The summed E-state index contributed by atoms with van der Waals surface area (Å²) in [6.45, 7) is 7.89. The van der Waals surface area contributed by atoms with Crippen molar-refractivity contribution in [1.29, 1.82) is 0 Å². The number of anilines is 2. The van der Waals surface area contributed by atoms with E-state index in [1.807, 2.05) is 45.0 Å². The average Bonchev–Trinajstić information content (AvgIpc) is 3.03. The Morgan fingerprint density at radius 3 is 2.28 bits per heavy atom. The van der Waals surface area contributed by atoms with Crippen LogP contribution >= 0.6 is 0 Å². The van der Waals surface area contributed by atoms with Crippen LogP contribution in [-0.4, -0.2) is 70.5 Å². The maximum atomic E-state index is 13.0. The van der Waals surface area contributed by atoms with Gasteiger partial charge < -0.3 is 30.2 Å². The van der Waals surface area contributed by atoms with Gasteiger partial charge in [0.1, 0.15) is 27.8 Å². The maximum Gasteiger partial charge on any atom is 0.407 e. The van der Waals surface area contributed by atoms with E-state index in [1.165, 1.54) is 20.3 Å². The molecule has 1 aliphatic rings. The van der Waals surface area contributed by atoms with Gasteiger partial charge in [0.2, 0.25) is 16.0 Å². The van der Waals surface area contributed by atoms with Gasteiger partial charge in [-0.15, -0.1) is 0 Å². The molecule has 3 aromatic rings. The third-order valence-electron chi connectivity index (χ3n) is 7.90. The lowest BCUT2D eigenvalue weighted by atomic mass is 9.82. The minimum Gasteiger partial charge on any atom is -0.497 e. The van der Waals surface area contributed by atoms with Gasteiger partial charge in [0, 0.05) is 37.6 Å². The van der Waals surface area contributed by atoms with E-state index < -0.39 is 21.7 Å². The molecule has 46 heavy (non-hydrogen) atoms. The lowest BCUT2D eigenvalue weighted by Crippen LogP contribution is -2.33. The van der Waals surface area contributed by atoms with Crippen LogP contribution in [0.4, 0.5) is 16.6 Å². The first kappa shape index (κ1) is 35.0. The molecular weight excluding hydrogens is 608 g/mol. The monoisotopic (exact) mass is 656 g/mol. The normalized spacial score (nSPS) is 16.9. The zero-order valence-corrected chi connectivity index (χ0v) is 28.3. The van der Waals surface area contributed by atoms with Crippen LogP contribution in [0.1, 0.15) is 59.3 Å². The molecule has 1 saturated carbocycles. The Bertz CT molecular complexity index is 1550. The third kappa shape index (κ3) is 10.3. The standard InChI is InChI=1S/C33H48N6O6S/c1-33(2,3)45-32(40)35-19-9-8-18-34-30-26-10-6-7-11-27(26)38-31(39-30)36-21-23-12-14-24(15-13-23)22-37-46(41,42)29-20-25(43-4)16-17-28(29)44-5/h6-7,10-11,16-17,20,23-24,37H,8-9,12-15,18-19,21-22H2,1-5H3,(H,35,40)(H2,34,36,38,39). The number of hydrogen-bond acceptors (Lipinski definition) is 10. The van der Waals surface area contributed by atoms with E-state index in [9.17, 15) is 13.2 Å². The minimum absolute atomic E-state index is 0.0756. The highest BCUT2D eigenvalue weighted by molar-refractivity contribution is 7.89. The van der Waals surface area contributed by atoms with E-state index in [1.54, 1.807) is 12.1 Å². The van der Waals surface area contributed by atoms with Gasteiger partial charge in [0.05, 0.1) is 19.7 Å². The molecule has 4 N–H and O–H groups in total. The number of amides is 1. The zero-order valence-electron chi connectivity index (χ0n) is 27.5. The summed E-state index contributed by atoms with van der Waals surface area (Å²) in [5, 5.41) is 10.6. The number of benzene rings is 2. The quantitative estimate of drug-likeness (QED) is 0.153. The predicted molar refractivity (Wildman–Crippen MR) is 180 cm³/mol. The Balaban J connectivity index is 1.23. The van der Waals surface area contributed by atoms with Crippen molar-refractivity contribution in [3.05, 3.63) is 42.5 Å². The zero-order chi connectivity index (χ0) is 33.2. The van der Waals surface area contributed by atoms with Gasteiger partial charge in [-0.1, -0.05) is 12.1 Å². The number of aromatic nitrogens is 2. The molecule has 1 fully saturated rings. The maximum absolute atomic E-state index is 13.0. The van der Waals surface area contributed by atoms with Gasteiger partial charge in [0.15, 0.2) is 0 Å². The smallest absolute Gasteiger partial charge is 0.407 e. The number of unbranched alkanes of at least 4 members (excludes halogenated alkanes) is 1. The topological polar surface area (TPSA) is 153 Å². The Morgan fingerprint density at radius 2 is 1.59 bits per heavy atom. The highest BCUT2D eigenvalue weighted by Gasteiger charge is 2.25. The molecule has 1 aromatic heterocycles. The van der Waals surface area contributed by atoms with Crippen molar-refractivity contribution in [1.82, 2.24) is 20.0 Å². The molecule has 0 aliphatic heterocycles. The van der Waals surface area contributed by atoms with Crippen molar-refractivity contribution in [3.8, 4) is 11.5 Å². The van der Waals surface area contributed by atoms with E-state index in [0.717, 1.165) is 61.8 Å². The summed E-state index contributed by atoms with van der Waals surface area (Å²) < 4.78 is 44.6. The molecule has 252 valence electrons. The Morgan fingerprint density at radius 1 is 0.891 bits per heavy atom. The average molecular weight is 657 g/mol. The molecule has 13 heteroatoms. The first-order chi connectivity index (χ1) is 22.0. The van der Waals surface area contributed by atoms with Crippen molar-refractivity contribution < 1.29 is 27.4 Å². The van der Waals surface area contributed by atoms with Gasteiger partial charge in [0.25, 0.3) is 0 Å². The van der Waals surface area contributed by atoms with E-state index in [4.69, 9.17) is 24.2 Å². The Kier molecular flexibility index (Phi) is 12.3. The van der Waals surface area contributed by atoms with Crippen molar-refractivity contribution in [2.24, 2.45) is 11.8 Å². The SMILES string of the molecule is COc1ccc(OC)c(S(=O)(=O)NCC2CCC(CNc3nc(NCCCCNC(=O)OC(C)(C)C)c4ccccc4n3)CC2)c1. The Labute approximate surface area is 272 Å². The Hall–Kier alpha value is -3.84. The molecule has 1 heterocycles. The van der Waals surface area contributed by atoms with Crippen LogP contribution < -0.4 is 30.1 Å². The van der Waals surface area contributed by atoms with Gasteiger partial charge in [-0.05, 0) is 95.4 Å². The van der Waals surface area contributed by atoms with E-state index in [0.29, 0.717) is 37.3 Å². The van der Waals surface area contributed by atoms with Crippen LogP contribution in [0.15, 0.2) is 47.4 Å². The molecule has 1 aliphatic carbocycles. The van der Waals surface area contributed by atoms with Crippen LogP contribution in [0.5, 0.6) is 11.5 Å². The first-order valence-corrected chi connectivity index (χ1v) is 17.4. The summed E-state index contributed by atoms with van der Waals surface area (Å²) in [6.07, 6.45) is 5.08. The summed E-state index contributed by atoms with van der Waals surface area (Å²) in [5.41, 5.74) is 0.347. The number of para-hydroxylation sites is 1. The molecule has 12 nitrogen and oxygen atoms in total. The highest BCUT2D eigenvalue weighted by Crippen LogP contribution is 2.31. The molecule has 1 amide bonds. The fourth-order valence-electron chi connectivity index (χ4n) is 5.43. The fourth-order valence-corrected chi connectivity index (χ4v) is 6.72. The number of hydrogen-bond donors (Lipinski definition) is 4. The lowest BCUT2D eigenvalue weighted by Gasteiger charge is -2.28. The number of carbonyl (C=O) groups excluding carboxylic acids is 1. The summed E-state index contributed by atoms with van der Waals surface area (Å²) >= 11 is 0. The lowest BCUT2D eigenvalue weighted by molar-refractivity contribution is 0.0527. The second kappa shape index (κ2) is 16.1. The molecule has 0 unspecified atom stereocenters. The van der Waals surface area contributed by atoms with E-state index >= 15 is 0 Å². The number of ether oxygens (including phenoxy) is 3. The van der Waals surface area contributed by atoms with Gasteiger partial charge in [-0.3, -0.25) is 0 Å². The van der Waals surface area contributed by atoms with Crippen LogP contribution in [0.25, 0.3) is 10.9 Å². The number of sulfonamides is 1. The number of nitrogens with one attached hydrogen (secondary N) is 4. The first-order valence-electron chi connectivity index (χ1n) is 15.9. The summed E-state index contributed by atoms with van der Waals surface area (Å²) in [7, 11) is -0.798. The van der Waals surface area contributed by atoms with E-state index in [-0.39, 0.29) is 16.6 Å². The van der Waals surface area contributed by atoms with Crippen LogP contribution in [0.3, 0.4) is 0 Å². The molecule has 0 radical (unpaired) electrons. The van der Waals surface area contributed by atoms with Crippen LogP contribution in [-0.2, 0) is 14.8 Å². The number of carbonyl (C=O) groups is 1. The van der Waals surface area contributed by atoms with Gasteiger partial charge in [-0.2, -0.15) is 4.98 Å². The van der Waals surface area contributed by atoms with Gasteiger partial charge >= 0.3 is 6.09 Å². The second-order valence-corrected chi connectivity index (χ2v) is 14.3. The largest absolute Gasteiger partial charge is 0.497 e. The molecule has 0 atom stereocenters. The second-order valence-electron chi connectivity index (χ2n) is 12.6.